The minimum absolute atomic E-state index is 0.0114. The Kier molecular flexibility index (Phi) is 6.59. The van der Waals surface area contributed by atoms with Crippen molar-refractivity contribution < 1.29 is 23.5 Å². The van der Waals surface area contributed by atoms with Crippen LogP contribution in [0.5, 0.6) is 0 Å². The molecule has 1 saturated carbocycles. The molecule has 38 heavy (non-hydrogen) atoms. The number of nitrogens with zero attached hydrogens (tertiary/aromatic N) is 2. The molecule has 1 saturated heterocycles. The number of likely N-dealkylation sites (tertiary alicyclic amines) is 1. The maximum absolute atomic E-state index is 15.1. The summed E-state index contributed by atoms with van der Waals surface area (Å²) in [6.45, 7) is 5.82. The van der Waals surface area contributed by atoms with Crippen molar-refractivity contribution in [3.63, 3.8) is 0 Å². The van der Waals surface area contributed by atoms with Crippen LogP contribution in [0.15, 0.2) is 36.4 Å². The molecule has 9 heteroatoms. The van der Waals surface area contributed by atoms with E-state index >= 15 is 4.39 Å². The Balaban J connectivity index is 1.28. The van der Waals surface area contributed by atoms with E-state index in [1.807, 2.05) is 12.1 Å². The molecule has 2 N–H and O–H groups in total. The van der Waals surface area contributed by atoms with Gasteiger partial charge in [-0.25, -0.2) is 9.18 Å². The highest BCUT2D eigenvalue weighted by Gasteiger charge is 2.52. The predicted octanol–water partition coefficient (Wildman–Crippen LogP) is 4.07. The number of fused-ring (bicyclic) bond motifs is 3. The topological polar surface area (TPSA) is 112 Å². The summed E-state index contributed by atoms with van der Waals surface area (Å²) in [5, 5.41) is 15.3. The smallest absolute Gasteiger partial charge is 0.411 e. The molecule has 2 fully saturated rings. The number of piperidine rings is 1. The highest BCUT2D eigenvalue weighted by atomic mass is 19.1. The first kappa shape index (κ1) is 25.7. The summed E-state index contributed by atoms with van der Waals surface area (Å²) in [7, 11) is 0. The van der Waals surface area contributed by atoms with Crippen molar-refractivity contribution >= 4 is 17.9 Å². The SMILES string of the molecule is CC(C)(C)OC(=O)N1[C@@H]2CC[C@@H](C2)[C@H]1C(=O)N[C@H](C#N)Cc1ccc(-c2ccc3c(c2)C(=O)NC3)cc1F. The van der Waals surface area contributed by atoms with Crippen LogP contribution >= 0.6 is 0 Å². The zero-order valence-electron chi connectivity index (χ0n) is 21.7. The third kappa shape index (κ3) is 4.95. The lowest BCUT2D eigenvalue weighted by atomic mass is 9.96. The summed E-state index contributed by atoms with van der Waals surface area (Å²) in [5.41, 5.74) is 2.42. The van der Waals surface area contributed by atoms with Crippen molar-refractivity contribution in [2.45, 2.75) is 76.7 Å². The monoisotopic (exact) mass is 518 g/mol. The van der Waals surface area contributed by atoms with Gasteiger partial charge in [0.1, 0.15) is 23.5 Å². The predicted molar refractivity (Wildman–Crippen MR) is 137 cm³/mol. The summed E-state index contributed by atoms with van der Waals surface area (Å²) in [6, 6.07) is 10.5. The van der Waals surface area contributed by atoms with Crippen molar-refractivity contribution in [3.8, 4) is 17.2 Å². The highest BCUT2D eigenvalue weighted by Crippen LogP contribution is 2.43. The Morgan fingerprint density at radius 1 is 1.21 bits per heavy atom. The molecule has 2 aromatic rings. The van der Waals surface area contributed by atoms with Crippen LogP contribution in [0, 0.1) is 23.1 Å². The molecule has 2 aliphatic heterocycles. The van der Waals surface area contributed by atoms with Crippen molar-refractivity contribution in [1.82, 2.24) is 15.5 Å². The zero-order valence-corrected chi connectivity index (χ0v) is 21.7. The maximum Gasteiger partial charge on any atom is 0.411 e. The Morgan fingerprint density at radius 3 is 2.66 bits per heavy atom. The Bertz CT molecular complexity index is 1350. The Labute approximate surface area is 221 Å². The first-order valence-electron chi connectivity index (χ1n) is 13.0. The van der Waals surface area contributed by atoms with E-state index in [-0.39, 0.29) is 29.9 Å². The van der Waals surface area contributed by atoms with Crippen LogP contribution in [0.1, 0.15) is 61.5 Å². The Morgan fingerprint density at radius 2 is 1.95 bits per heavy atom. The van der Waals surface area contributed by atoms with Gasteiger partial charge in [0.05, 0.1) is 6.07 Å². The van der Waals surface area contributed by atoms with E-state index in [2.05, 4.69) is 16.7 Å². The molecule has 0 spiro atoms. The molecule has 2 heterocycles. The van der Waals surface area contributed by atoms with Crippen LogP contribution < -0.4 is 10.6 Å². The summed E-state index contributed by atoms with van der Waals surface area (Å²) < 4.78 is 20.6. The average Bonchev–Trinajstić information content (AvgIpc) is 3.58. The second kappa shape index (κ2) is 9.75. The van der Waals surface area contributed by atoms with Gasteiger partial charge in [0.2, 0.25) is 5.91 Å². The molecular weight excluding hydrogens is 487 g/mol. The fourth-order valence-electron chi connectivity index (χ4n) is 5.79. The van der Waals surface area contributed by atoms with Crippen LogP contribution in [0.25, 0.3) is 11.1 Å². The number of hydrogen-bond donors (Lipinski definition) is 2. The number of nitriles is 1. The van der Waals surface area contributed by atoms with E-state index in [0.29, 0.717) is 17.7 Å². The highest BCUT2D eigenvalue weighted by molar-refractivity contribution is 5.99. The number of hydrogen-bond acceptors (Lipinski definition) is 5. The fraction of sp³-hybridized carbons (Fsp3) is 0.448. The van der Waals surface area contributed by atoms with Gasteiger partial charge < -0.3 is 15.4 Å². The van der Waals surface area contributed by atoms with Crippen LogP contribution in [-0.4, -0.2) is 46.5 Å². The molecule has 2 bridgehead atoms. The van der Waals surface area contributed by atoms with Gasteiger partial charge in [0, 0.05) is 24.6 Å². The second-order valence-electron chi connectivity index (χ2n) is 11.3. The van der Waals surface area contributed by atoms with Gasteiger partial charge in [0.15, 0.2) is 0 Å². The van der Waals surface area contributed by atoms with Gasteiger partial charge in [-0.1, -0.05) is 24.3 Å². The molecule has 4 atom stereocenters. The average molecular weight is 519 g/mol. The number of carbonyl (C=O) groups is 3. The first-order valence-corrected chi connectivity index (χ1v) is 13.0. The van der Waals surface area contributed by atoms with E-state index in [4.69, 9.17) is 4.74 Å². The summed E-state index contributed by atoms with van der Waals surface area (Å²) in [4.78, 5) is 39.7. The molecule has 1 aliphatic carbocycles. The molecule has 0 radical (unpaired) electrons. The Hall–Kier alpha value is -3.93. The van der Waals surface area contributed by atoms with Crippen molar-refractivity contribution in [1.29, 1.82) is 5.26 Å². The molecule has 2 aromatic carbocycles. The maximum atomic E-state index is 15.1. The minimum Gasteiger partial charge on any atom is -0.444 e. The van der Waals surface area contributed by atoms with E-state index in [1.54, 1.807) is 39.0 Å². The zero-order chi connectivity index (χ0) is 27.2. The van der Waals surface area contributed by atoms with Gasteiger partial charge in [-0.05, 0) is 80.3 Å². The molecule has 8 nitrogen and oxygen atoms in total. The van der Waals surface area contributed by atoms with Crippen LogP contribution in [0.4, 0.5) is 9.18 Å². The van der Waals surface area contributed by atoms with Gasteiger partial charge in [-0.2, -0.15) is 5.26 Å². The molecular formula is C29H31FN4O4. The normalized spacial score (nSPS) is 22.4. The summed E-state index contributed by atoms with van der Waals surface area (Å²) >= 11 is 0. The van der Waals surface area contributed by atoms with Gasteiger partial charge in [-0.3, -0.25) is 14.5 Å². The van der Waals surface area contributed by atoms with Crippen molar-refractivity contribution in [2.24, 2.45) is 5.92 Å². The summed E-state index contributed by atoms with van der Waals surface area (Å²) in [6.07, 6.45) is 1.84. The van der Waals surface area contributed by atoms with E-state index in [1.165, 1.54) is 11.0 Å². The van der Waals surface area contributed by atoms with Gasteiger partial charge in [0.25, 0.3) is 5.91 Å². The van der Waals surface area contributed by atoms with Crippen LogP contribution in [0.2, 0.25) is 0 Å². The molecule has 0 aromatic heterocycles. The lowest BCUT2D eigenvalue weighted by Gasteiger charge is -2.35. The minimum atomic E-state index is -0.967. The van der Waals surface area contributed by atoms with Gasteiger partial charge in [-0.15, -0.1) is 0 Å². The summed E-state index contributed by atoms with van der Waals surface area (Å²) in [5.74, 6) is -1.05. The lowest BCUT2D eigenvalue weighted by molar-refractivity contribution is -0.128. The first-order chi connectivity index (χ1) is 18.0. The number of ether oxygens (including phenoxy) is 1. The standard InChI is InChI=1S/C29H31FN4O4/c1-29(2,3)38-28(37)34-22-9-8-19(11-22)25(34)27(36)33-21(14-31)10-18-6-4-17(13-24(18)30)16-5-7-20-15-32-26(35)23(20)12-16/h4-7,12-13,19,21-22,25H,8-11,15H2,1-3H3,(H,32,35)(H,33,36)/t19-,21-,22+,25-/m0/s1. The van der Waals surface area contributed by atoms with Crippen molar-refractivity contribution in [2.75, 3.05) is 0 Å². The third-order valence-electron chi connectivity index (χ3n) is 7.53. The number of benzene rings is 2. The molecule has 0 unspecified atom stereocenters. The number of halogens is 1. The number of carbonyl (C=O) groups excluding carboxylic acids is 3. The number of rotatable bonds is 5. The van der Waals surface area contributed by atoms with E-state index < -0.39 is 35.5 Å². The fourth-order valence-corrected chi connectivity index (χ4v) is 5.79. The van der Waals surface area contributed by atoms with Gasteiger partial charge >= 0.3 is 6.09 Å². The molecule has 5 rings (SSSR count). The largest absolute Gasteiger partial charge is 0.444 e. The van der Waals surface area contributed by atoms with Crippen LogP contribution in [-0.2, 0) is 22.5 Å². The van der Waals surface area contributed by atoms with Crippen LogP contribution in [0.3, 0.4) is 0 Å². The number of nitrogens with one attached hydrogen (secondary N) is 2. The van der Waals surface area contributed by atoms with E-state index in [9.17, 15) is 19.6 Å². The van der Waals surface area contributed by atoms with E-state index in [0.717, 1.165) is 30.4 Å². The molecule has 198 valence electrons. The molecule has 3 aliphatic rings. The quantitative estimate of drug-likeness (QED) is 0.620. The molecule has 3 amide bonds. The lowest BCUT2D eigenvalue weighted by Crippen LogP contribution is -2.55. The second-order valence-corrected chi connectivity index (χ2v) is 11.3. The number of amides is 3. The van der Waals surface area contributed by atoms with Crippen molar-refractivity contribution in [3.05, 3.63) is 58.9 Å². The third-order valence-corrected chi connectivity index (χ3v) is 7.53.